The van der Waals surface area contributed by atoms with E-state index >= 15 is 0 Å². The van der Waals surface area contributed by atoms with Crippen LogP contribution in [-0.2, 0) is 0 Å². The number of hydrogen-bond acceptors (Lipinski definition) is 3. The fraction of sp³-hybridized carbons (Fsp3) is 0.176. The predicted molar refractivity (Wildman–Crippen MR) is 83.4 cm³/mol. The van der Waals surface area contributed by atoms with Gasteiger partial charge in [-0.15, -0.1) is 0 Å². The highest BCUT2D eigenvalue weighted by atomic mass is 16.5. The van der Waals surface area contributed by atoms with E-state index in [-0.39, 0.29) is 5.88 Å². The summed E-state index contributed by atoms with van der Waals surface area (Å²) < 4.78 is 12.2. The first-order valence-electron chi connectivity index (χ1n) is 7.13. The van der Waals surface area contributed by atoms with Crippen LogP contribution in [0.3, 0.4) is 0 Å². The van der Waals surface area contributed by atoms with Crippen LogP contribution in [-0.4, -0.2) is 11.9 Å². The van der Waals surface area contributed by atoms with Crippen molar-refractivity contribution in [2.75, 3.05) is 6.61 Å². The number of aryl methyl sites for hydroxylation is 1. The van der Waals surface area contributed by atoms with Crippen molar-refractivity contribution in [3.63, 3.8) is 0 Å². The van der Waals surface area contributed by atoms with Gasteiger partial charge in [0, 0.05) is 6.07 Å². The summed E-state index contributed by atoms with van der Waals surface area (Å²) in [5.41, 5.74) is 11.5. The van der Waals surface area contributed by atoms with Gasteiger partial charge >= 0.3 is 0 Å². The van der Waals surface area contributed by atoms with Gasteiger partial charge in [0.25, 0.3) is 5.69 Å². The van der Waals surface area contributed by atoms with Gasteiger partial charge in [0.1, 0.15) is 11.6 Å². The van der Waals surface area contributed by atoms with E-state index in [9.17, 15) is 0 Å². The van der Waals surface area contributed by atoms with Crippen molar-refractivity contribution < 1.29 is 13.9 Å². The van der Waals surface area contributed by atoms with Crippen LogP contribution < -0.4 is 9.42 Å². The molecule has 0 fully saturated rings. The first-order chi connectivity index (χ1) is 10.7. The molecule has 22 heavy (non-hydrogen) atoms. The average molecular weight is 295 g/mol. The topological polar surface area (TPSA) is 62.9 Å². The minimum Gasteiger partial charge on any atom is -0.660 e. The molecule has 0 amide bonds. The molecule has 0 aliphatic carbocycles. The third kappa shape index (κ3) is 2.65. The highest BCUT2D eigenvalue weighted by Gasteiger charge is 2.23. The van der Waals surface area contributed by atoms with Gasteiger partial charge in [-0.25, -0.2) is 0 Å². The Morgan fingerprint density at radius 2 is 1.95 bits per heavy atom. The molecular formula is C17H17N3O2. The molecule has 5 heteroatoms. The number of nitrogens with one attached hydrogen (secondary N) is 1. The molecule has 112 valence electrons. The minimum atomic E-state index is 0.0330. The largest absolute Gasteiger partial charge is 0.660 e. The molecule has 2 aromatic carbocycles. The van der Waals surface area contributed by atoms with Crippen molar-refractivity contribution in [2.24, 2.45) is 0 Å². The average Bonchev–Trinajstić information content (AvgIpc) is 2.91. The Balaban J connectivity index is 2.09. The molecule has 0 aliphatic rings. The summed E-state index contributed by atoms with van der Waals surface area (Å²) in [5.74, 6) is 0.794. The quantitative estimate of drug-likeness (QED) is 0.683. The number of benzene rings is 2. The van der Waals surface area contributed by atoms with E-state index in [4.69, 9.17) is 15.0 Å². The molecule has 0 spiro atoms. The number of hydrogen-bond donors (Lipinski definition) is 0. The second-order valence-electron chi connectivity index (χ2n) is 4.96. The molecule has 1 heterocycles. The molecule has 0 saturated heterocycles. The first-order valence-corrected chi connectivity index (χ1v) is 7.13. The lowest BCUT2D eigenvalue weighted by Gasteiger charge is -2.02. The predicted octanol–water partition coefficient (Wildman–Crippen LogP) is 4.01. The van der Waals surface area contributed by atoms with Gasteiger partial charge in [-0.3, -0.25) is 0 Å². The zero-order chi connectivity index (χ0) is 15.5. The fourth-order valence-corrected chi connectivity index (χ4v) is 2.27. The third-order valence-electron chi connectivity index (χ3n) is 3.34. The molecule has 1 N–H and O–H groups in total. The van der Waals surface area contributed by atoms with Gasteiger partial charge < -0.3 is 15.0 Å². The van der Waals surface area contributed by atoms with Crippen molar-refractivity contribution >= 4 is 5.88 Å². The number of nitrogens with zero attached hydrogens (tertiary/aromatic N) is 2. The molecule has 0 bridgehead atoms. The lowest BCUT2D eigenvalue weighted by molar-refractivity contribution is -0.660. The Morgan fingerprint density at radius 3 is 2.68 bits per heavy atom. The zero-order valence-corrected chi connectivity index (χ0v) is 12.5. The van der Waals surface area contributed by atoms with E-state index < -0.39 is 0 Å². The molecule has 0 saturated carbocycles. The number of ether oxygens (including phenoxy) is 1. The van der Waals surface area contributed by atoms with E-state index in [1.807, 2.05) is 62.4 Å². The normalized spacial score (nSPS) is 10.6. The molecule has 3 aromatic rings. The van der Waals surface area contributed by atoms with Crippen LogP contribution in [0.25, 0.3) is 22.7 Å². The van der Waals surface area contributed by atoms with E-state index in [0.717, 1.165) is 22.6 Å². The summed E-state index contributed by atoms with van der Waals surface area (Å²) in [4.78, 5) is 0. The second kappa shape index (κ2) is 5.89. The van der Waals surface area contributed by atoms with Crippen LogP contribution in [0.1, 0.15) is 12.5 Å². The van der Waals surface area contributed by atoms with Crippen LogP contribution in [0, 0.1) is 6.92 Å². The number of rotatable bonds is 4. The Kier molecular flexibility index (Phi) is 3.78. The van der Waals surface area contributed by atoms with Crippen LogP contribution in [0.15, 0.2) is 53.1 Å². The van der Waals surface area contributed by atoms with Crippen molar-refractivity contribution in [3.8, 4) is 22.7 Å². The van der Waals surface area contributed by atoms with Crippen molar-refractivity contribution in [1.29, 1.82) is 0 Å². The van der Waals surface area contributed by atoms with Gasteiger partial charge in [-0.2, -0.15) is 0 Å². The lowest BCUT2D eigenvalue weighted by Crippen LogP contribution is -2.34. The van der Waals surface area contributed by atoms with Crippen LogP contribution in [0.2, 0.25) is 0 Å². The van der Waals surface area contributed by atoms with Crippen LogP contribution in [0.5, 0.6) is 5.75 Å². The molecule has 5 nitrogen and oxygen atoms in total. The standard InChI is InChI=1S/C17H17N3O2/c1-3-21-15-6-4-5-14(11-15)20-16(17(18)22-19-20)13-9-7-12(2)8-10-13/h4-11,18H,3H2,1-2H3. The molecule has 0 aliphatic heterocycles. The monoisotopic (exact) mass is 295 g/mol. The molecule has 1 aromatic heterocycles. The summed E-state index contributed by atoms with van der Waals surface area (Å²) in [6.07, 6.45) is 0. The van der Waals surface area contributed by atoms with E-state index in [2.05, 4.69) is 5.27 Å². The maximum atomic E-state index is 7.99. The zero-order valence-electron chi connectivity index (χ0n) is 12.5. The van der Waals surface area contributed by atoms with Gasteiger partial charge in [0.05, 0.1) is 18.2 Å². The molecule has 0 radical (unpaired) electrons. The summed E-state index contributed by atoms with van der Waals surface area (Å²) >= 11 is 0. The first kappa shape index (κ1) is 14.1. The molecule has 0 atom stereocenters. The maximum Gasteiger partial charge on any atom is 0.271 e. The SMILES string of the molecule is CCOc1cccc(-[n+]2noc([NH-])c2-c2ccc(C)cc2)c1. The molecule has 3 rings (SSSR count). The van der Waals surface area contributed by atoms with Gasteiger partial charge in [-0.05, 0) is 36.7 Å². The van der Waals surface area contributed by atoms with Gasteiger partial charge in [0.2, 0.25) is 11.0 Å². The Hall–Kier alpha value is -2.82. The van der Waals surface area contributed by atoms with Crippen molar-refractivity contribution in [2.45, 2.75) is 13.8 Å². The summed E-state index contributed by atoms with van der Waals surface area (Å²) in [7, 11) is 0. The highest BCUT2D eigenvalue weighted by Crippen LogP contribution is 2.27. The van der Waals surface area contributed by atoms with Crippen molar-refractivity contribution in [1.82, 2.24) is 5.27 Å². The van der Waals surface area contributed by atoms with Gasteiger partial charge in [0.15, 0.2) is 0 Å². The fourth-order valence-electron chi connectivity index (χ4n) is 2.27. The third-order valence-corrected chi connectivity index (χ3v) is 3.34. The van der Waals surface area contributed by atoms with E-state index in [1.165, 1.54) is 0 Å². The minimum absolute atomic E-state index is 0.0330. The maximum absolute atomic E-state index is 7.99. The molecule has 0 unspecified atom stereocenters. The smallest absolute Gasteiger partial charge is 0.271 e. The van der Waals surface area contributed by atoms with Crippen LogP contribution >= 0.6 is 0 Å². The molecular weight excluding hydrogens is 278 g/mol. The van der Waals surface area contributed by atoms with E-state index in [0.29, 0.717) is 12.3 Å². The highest BCUT2D eigenvalue weighted by molar-refractivity contribution is 5.67. The van der Waals surface area contributed by atoms with E-state index in [1.54, 1.807) is 4.68 Å². The second-order valence-corrected chi connectivity index (χ2v) is 4.96. The van der Waals surface area contributed by atoms with Crippen LogP contribution in [0.4, 0.5) is 5.88 Å². The lowest BCUT2D eigenvalue weighted by atomic mass is 10.1. The summed E-state index contributed by atoms with van der Waals surface area (Å²) in [5, 5.41) is 3.98. The summed E-state index contributed by atoms with van der Waals surface area (Å²) in [6, 6.07) is 15.5. The Morgan fingerprint density at radius 1 is 1.18 bits per heavy atom. The van der Waals surface area contributed by atoms with Gasteiger partial charge in [-0.1, -0.05) is 23.8 Å². The summed E-state index contributed by atoms with van der Waals surface area (Å²) in [6.45, 7) is 4.57. The number of aromatic nitrogens is 2. The Bertz CT molecular complexity index is 779. The Labute approximate surface area is 128 Å². The van der Waals surface area contributed by atoms with Crippen molar-refractivity contribution in [3.05, 3.63) is 59.8 Å².